The maximum Gasteiger partial charge on any atom is 0.315 e. The Hall–Kier alpha value is -3.62. The quantitative estimate of drug-likeness (QED) is 0.731. The highest BCUT2D eigenvalue weighted by Gasteiger charge is 2.32. The fraction of sp³-hybridized carbons (Fsp3) is 0.364. The summed E-state index contributed by atoms with van der Waals surface area (Å²) in [6, 6.07) is 12.0. The normalized spacial score (nSPS) is 19.7. The average molecular weight is 427 g/mol. The van der Waals surface area contributed by atoms with Gasteiger partial charge in [0.05, 0.1) is 26.8 Å². The number of methoxy groups -OCH3 is 2. The van der Waals surface area contributed by atoms with Gasteiger partial charge in [-0.25, -0.2) is 4.79 Å². The Morgan fingerprint density at radius 1 is 1.13 bits per heavy atom. The maximum absolute atomic E-state index is 12.5. The van der Waals surface area contributed by atoms with Gasteiger partial charge >= 0.3 is 6.03 Å². The molecule has 0 aromatic heterocycles. The van der Waals surface area contributed by atoms with Crippen molar-refractivity contribution in [1.29, 1.82) is 0 Å². The van der Waals surface area contributed by atoms with Crippen LogP contribution in [0.4, 0.5) is 10.5 Å². The van der Waals surface area contributed by atoms with Gasteiger partial charge < -0.3 is 34.5 Å². The second-order valence-electron chi connectivity index (χ2n) is 7.30. The minimum Gasteiger partial charge on any atom is -0.493 e. The minimum absolute atomic E-state index is 0.0712. The standard InChI is InChI=1S/C22H25N3O6/c1-28-17-8-7-15(10-20(17)29-2)25-12-14(9-21(25)26)24-22(27)23-11-16-13-30-18-5-3-4-6-19(18)31-16/h3-8,10,14,16H,9,11-13H2,1-2H3,(H2,23,24,27)/t14-,16-/m0/s1. The number of urea groups is 1. The average Bonchev–Trinajstić information content (AvgIpc) is 3.16. The summed E-state index contributed by atoms with van der Waals surface area (Å²) >= 11 is 0. The van der Waals surface area contributed by atoms with Gasteiger partial charge in [-0.1, -0.05) is 12.1 Å². The third kappa shape index (κ3) is 4.60. The summed E-state index contributed by atoms with van der Waals surface area (Å²) < 4.78 is 22.0. The van der Waals surface area contributed by atoms with Crippen LogP contribution in [0.3, 0.4) is 0 Å². The number of nitrogens with zero attached hydrogens (tertiary/aromatic N) is 1. The van der Waals surface area contributed by atoms with E-state index in [0.717, 1.165) is 0 Å². The first-order valence-electron chi connectivity index (χ1n) is 10.0. The van der Waals surface area contributed by atoms with E-state index in [2.05, 4.69) is 10.6 Å². The molecule has 2 aliphatic heterocycles. The van der Waals surface area contributed by atoms with E-state index in [1.165, 1.54) is 0 Å². The molecule has 0 unspecified atom stereocenters. The lowest BCUT2D eigenvalue weighted by Gasteiger charge is -2.26. The lowest BCUT2D eigenvalue weighted by atomic mass is 10.2. The molecule has 2 aromatic rings. The number of hydrogen-bond acceptors (Lipinski definition) is 6. The summed E-state index contributed by atoms with van der Waals surface area (Å²) in [5.41, 5.74) is 0.693. The molecular weight excluding hydrogens is 402 g/mol. The number of ether oxygens (including phenoxy) is 4. The number of fused-ring (bicyclic) bond motifs is 1. The Bertz CT molecular complexity index is 966. The van der Waals surface area contributed by atoms with Crippen molar-refractivity contribution < 1.29 is 28.5 Å². The molecule has 0 bridgehead atoms. The summed E-state index contributed by atoms with van der Waals surface area (Å²) in [6.07, 6.45) is -0.0628. The molecule has 9 heteroatoms. The van der Waals surface area contributed by atoms with Crippen molar-refractivity contribution in [3.05, 3.63) is 42.5 Å². The first-order valence-corrected chi connectivity index (χ1v) is 10.0. The summed E-state index contributed by atoms with van der Waals surface area (Å²) in [6.45, 7) is 1.02. The predicted molar refractivity (Wildman–Crippen MR) is 113 cm³/mol. The van der Waals surface area contributed by atoms with Gasteiger partial charge in [-0.2, -0.15) is 0 Å². The van der Waals surface area contributed by atoms with Crippen LogP contribution in [0.5, 0.6) is 23.0 Å². The van der Waals surface area contributed by atoms with E-state index < -0.39 is 0 Å². The number of carbonyl (C=O) groups is 2. The van der Waals surface area contributed by atoms with E-state index in [-0.39, 0.29) is 30.5 Å². The Balaban J connectivity index is 1.28. The third-order valence-corrected chi connectivity index (χ3v) is 5.20. The van der Waals surface area contributed by atoms with Gasteiger partial charge in [0.1, 0.15) is 6.61 Å². The van der Waals surface area contributed by atoms with Crippen molar-refractivity contribution in [2.45, 2.75) is 18.6 Å². The van der Waals surface area contributed by atoms with E-state index in [1.54, 1.807) is 37.3 Å². The Kier molecular flexibility index (Phi) is 6.01. The minimum atomic E-state index is -0.352. The molecule has 2 aromatic carbocycles. The van der Waals surface area contributed by atoms with Gasteiger partial charge in [0.25, 0.3) is 0 Å². The molecule has 1 saturated heterocycles. The van der Waals surface area contributed by atoms with Gasteiger partial charge in [-0.3, -0.25) is 4.79 Å². The lowest BCUT2D eigenvalue weighted by Crippen LogP contribution is -2.47. The molecular formula is C22H25N3O6. The second kappa shape index (κ2) is 9.03. The molecule has 2 aliphatic rings. The number of amides is 3. The van der Waals surface area contributed by atoms with Crippen LogP contribution in [0.1, 0.15) is 6.42 Å². The fourth-order valence-corrected chi connectivity index (χ4v) is 3.65. The van der Waals surface area contributed by atoms with E-state index in [0.29, 0.717) is 48.4 Å². The highest BCUT2D eigenvalue weighted by Crippen LogP contribution is 2.33. The maximum atomic E-state index is 12.5. The molecule has 164 valence electrons. The Morgan fingerprint density at radius 3 is 2.68 bits per heavy atom. The molecule has 2 atom stereocenters. The predicted octanol–water partition coefficient (Wildman–Crippen LogP) is 1.95. The van der Waals surface area contributed by atoms with Gasteiger partial charge in [0.15, 0.2) is 29.1 Å². The SMILES string of the molecule is COc1ccc(N2C[C@@H](NC(=O)NC[C@H]3COc4ccccc4O3)CC2=O)cc1OC. The van der Waals surface area contributed by atoms with Crippen molar-refractivity contribution in [3.63, 3.8) is 0 Å². The van der Waals surface area contributed by atoms with Crippen LogP contribution in [0.25, 0.3) is 0 Å². The van der Waals surface area contributed by atoms with Crippen LogP contribution in [-0.2, 0) is 4.79 Å². The van der Waals surface area contributed by atoms with E-state index in [9.17, 15) is 9.59 Å². The molecule has 0 saturated carbocycles. The van der Waals surface area contributed by atoms with Gasteiger partial charge in [-0.05, 0) is 24.3 Å². The van der Waals surface area contributed by atoms with E-state index in [4.69, 9.17) is 18.9 Å². The zero-order chi connectivity index (χ0) is 21.8. The molecule has 4 rings (SSSR count). The van der Waals surface area contributed by atoms with Gasteiger partial charge in [0.2, 0.25) is 5.91 Å². The van der Waals surface area contributed by atoms with Crippen LogP contribution < -0.4 is 34.5 Å². The number of anilines is 1. The summed E-state index contributed by atoms with van der Waals surface area (Å²) in [4.78, 5) is 26.5. The van der Waals surface area contributed by atoms with Crippen molar-refractivity contribution in [3.8, 4) is 23.0 Å². The number of nitrogens with one attached hydrogen (secondary N) is 2. The van der Waals surface area contributed by atoms with Crippen molar-refractivity contribution in [1.82, 2.24) is 10.6 Å². The number of para-hydroxylation sites is 2. The van der Waals surface area contributed by atoms with E-state index in [1.807, 2.05) is 24.3 Å². The first-order chi connectivity index (χ1) is 15.1. The summed E-state index contributed by atoms with van der Waals surface area (Å²) in [5.74, 6) is 2.41. The molecule has 2 heterocycles. The van der Waals surface area contributed by atoms with Gasteiger partial charge in [0, 0.05) is 24.7 Å². The Morgan fingerprint density at radius 2 is 1.90 bits per heavy atom. The molecule has 3 amide bonds. The Labute approximate surface area is 180 Å². The zero-order valence-corrected chi connectivity index (χ0v) is 17.4. The zero-order valence-electron chi connectivity index (χ0n) is 17.4. The molecule has 9 nitrogen and oxygen atoms in total. The van der Waals surface area contributed by atoms with Crippen LogP contribution in [0, 0.1) is 0 Å². The van der Waals surface area contributed by atoms with Crippen LogP contribution in [0.2, 0.25) is 0 Å². The largest absolute Gasteiger partial charge is 0.493 e. The molecule has 2 N–H and O–H groups in total. The molecule has 0 spiro atoms. The summed E-state index contributed by atoms with van der Waals surface area (Å²) in [7, 11) is 3.10. The van der Waals surface area contributed by atoms with Gasteiger partial charge in [-0.15, -0.1) is 0 Å². The van der Waals surface area contributed by atoms with Crippen LogP contribution >= 0.6 is 0 Å². The lowest BCUT2D eigenvalue weighted by molar-refractivity contribution is -0.117. The second-order valence-corrected chi connectivity index (χ2v) is 7.30. The highest BCUT2D eigenvalue weighted by molar-refractivity contribution is 5.97. The van der Waals surface area contributed by atoms with Crippen LogP contribution in [-0.4, -0.2) is 58.0 Å². The molecule has 0 aliphatic carbocycles. The van der Waals surface area contributed by atoms with E-state index >= 15 is 0 Å². The van der Waals surface area contributed by atoms with Crippen LogP contribution in [0.15, 0.2) is 42.5 Å². The topological polar surface area (TPSA) is 98.4 Å². The van der Waals surface area contributed by atoms with Crippen molar-refractivity contribution in [2.24, 2.45) is 0 Å². The number of hydrogen-bond donors (Lipinski definition) is 2. The third-order valence-electron chi connectivity index (χ3n) is 5.20. The van der Waals surface area contributed by atoms with Crippen molar-refractivity contribution >= 4 is 17.6 Å². The number of rotatable bonds is 6. The first kappa shape index (κ1) is 20.6. The number of carbonyl (C=O) groups excluding carboxylic acids is 2. The number of benzene rings is 2. The molecule has 0 radical (unpaired) electrons. The monoisotopic (exact) mass is 427 g/mol. The molecule has 31 heavy (non-hydrogen) atoms. The highest BCUT2D eigenvalue weighted by atomic mass is 16.6. The smallest absolute Gasteiger partial charge is 0.315 e. The van der Waals surface area contributed by atoms with Crippen molar-refractivity contribution in [2.75, 3.05) is 38.8 Å². The fourth-order valence-electron chi connectivity index (χ4n) is 3.65. The summed E-state index contributed by atoms with van der Waals surface area (Å²) in [5, 5.41) is 5.65. The molecule has 1 fully saturated rings.